The second kappa shape index (κ2) is 6.69. The smallest absolute Gasteiger partial charge is 0.397 e. The number of ether oxygens (including phenoxy) is 1. The summed E-state index contributed by atoms with van der Waals surface area (Å²) in [5.41, 5.74) is 0.474. The zero-order valence-electron chi connectivity index (χ0n) is 14.9. The SMILES string of the molecule is N#C[C@@H]1C[C@@]2(CN1C(=O)C(=O)OC1CCCCC1)C(=O)Nc1ccccc12. The first-order chi connectivity index (χ1) is 13.0. The van der Waals surface area contributed by atoms with Crippen LogP contribution in [0.3, 0.4) is 0 Å². The molecule has 0 unspecified atom stereocenters. The predicted molar refractivity (Wildman–Crippen MR) is 95.4 cm³/mol. The summed E-state index contributed by atoms with van der Waals surface area (Å²) in [4.78, 5) is 39.0. The maximum Gasteiger partial charge on any atom is 0.397 e. The molecule has 1 aromatic carbocycles. The lowest BCUT2D eigenvalue weighted by Crippen LogP contribution is -2.44. The van der Waals surface area contributed by atoms with Crippen molar-refractivity contribution in [2.24, 2.45) is 0 Å². The summed E-state index contributed by atoms with van der Waals surface area (Å²) in [5, 5.41) is 12.4. The van der Waals surface area contributed by atoms with E-state index in [4.69, 9.17) is 4.74 Å². The van der Waals surface area contributed by atoms with E-state index in [9.17, 15) is 19.6 Å². The molecule has 1 spiro atoms. The number of esters is 1. The van der Waals surface area contributed by atoms with E-state index in [1.165, 1.54) is 4.90 Å². The molecule has 4 rings (SSSR count). The number of benzene rings is 1. The standard InChI is InChI=1S/C20H21N3O4/c21-11-13-10-20(15-8-4-5-9-16(15)22-19(20)26)12-23(13)17(24)18(25)27-14-6-2-1-3-7-14/h4-5,8-9,13-14H,1-3,6-7,10,12H2,(H,22,26)/t13-,20-/m0/s1. The fourth-order valence-corrected chi connectivity index (χ4v) is 4.47. The summed E-state index contributed by atoms with van der Waals surface area (Å²) in [7, 11) is 0. The molecule has 27 heavy (non-hydrogen) atoms. The van der Waals surface area contributed by atoms with Gasteiger partial charge in [-0.3, -0.25) is 9.59 Å². The summed E-state index contributed by atoms with van der Waals surface area (Å²) in [6.45, 7) is 0.00662. The van der Waals surface area contributed by atoms with Crippen LogP contribution in [-0.2, 0) is 24.5 Å². The fraction of sp³-hybridized carbons (Fsp3) is 0.500. The molecule has 0 aromatic heterocycles. The highest BCUT2D eigenvalue weighted by Gasteiger charge is 2.56. The molecule has 3 aliphatic rings. The molecule has 0 bridgehead atoms. The van der Waals surface area contributed by atoms with Gasteiger partial charge in [0.05, 0.1) is 11.5 Å². The van der Waals surface area contributed by atoms with Gasteiger partial charge < -0.3 is 15.0 Å². The van der Waals surface area contributed by atoms with Gasteiger partial charge >= 0.3 is 11.9 Å². The molecule has 1 aliphatic carbocycles. The Kier molecular flexibility index (Phi) is 4.34. The van der Waals surface area contributed by atoms with E-state index in [1.807, 2.05) is 18.2 Å². The second-order valence-electron chi connectivity index (χ2n) is 7.53. The van der Waals surface area contributed by atoms with E-state index in [0.717, 1.165) is 37.7 Å². The van der Waals surface area contributed by atoms with E-state index >= 15 is 0 Å². The first kappa shape index (κ1) is 17.5. The lowest BCUT2D eigenvalue weighted by atomic mass is 9.80. The number of hydrogen-bond acceptors (Lipinski definition) is 5. The van der Waals surface area contributed by atoms with Gasteiger partial charge in [0, 0.05) is 18.7 Å². The van der Waals surface area contributed by atoms with Crippen molar-refractivity contribution >= 4 is 23.5 Å². The predicted octanol–water partition coefficient (Wildman–Crippen LogP) is 1.88. The van der Waals surface area contributed by atoms with Gasteiger partial charge in [-0.1, -0.05) is 24.6 Å². The van der Waals surface area contributed by atoms with Gasteiger partial charge in [0.15, 0.2) is 0 Å². The van der Waals surface area contributed by atoms with Gasteiger partial charge in [0.25, 0.3) is 0 Å². The van der Waals surface area contributed by atoms with Crippen LogP contribution in [0.15, 0.2) is 24.3 Å². The highest BCUT2D eigenvalue weighted by Crippen LogP contribution is 2.46. The van der Waals surface area contributed by atoms with Crippen LogP contribution in [0, 0.1) is 11.3 Å². The lowest BCUT2D eigenvalue weighted by Gasteiger charge is -2.24. The number of nitriles is 1. The third-order valence-electron chi connectivity index (χ3n) is 5.89. The van der Waals surface area contributed by atoms with E-state index in [2.05, 4.69) is 11.4 Å². The molecule has 1 N–H and O–H groups in total. The number of carbonyl (C=O) groups excluding carboxylic acids is 3. The number of rotatable bonds is 1. The Bertz CT molecular complexity index is 840. The second-order valence-corrected chi connectivity index (χ2v) is 7.53. The number of anilines is 1. The fourth-order valence-electron chi connectivity index (χ4n) is 4.47. The van der Waals surface area contributed by atoms with Crippen LogP contribution < -0.4 is 5.32 Å². The van der Waals surface area contributed by atoms with Gasteiger partial charge in [-0.2, -0.15) is 5.26 Å². The Morgan fingerprint density at radius 1 is 1.22 bits per heavy atom. The van der Waals surface area contributed by atoms with Gasteiger partial charge in [0.1, 0.15) is 12.1 Å². The van der Waals surface area contributed by atoms with Crippen molar-refractivity contribution in [3.63, 3.8) is 0 Å². The van der Waals surface area contributed by atoms with Crippen LogP contribution >= 0.6 is 0 Å². The highest BCUT2D eigenvalue weighted by atomic mass is 16.5. The number of amides is 2. The van der Waals surface area contributed by atoms with Gasteiger partial charge in [-0.25, -0.2) is 4.79 Å². The average Bonchev–Trinajstić information content (AvgIpc) is 3.21. The van der Waals surface area contributed by atoms with E-state index < -0.39 is 23.3 Å². The summed E-state index contributed by atoms with van der Waals surface area (Å²) in [6.07, 6.45) is 4.55. The third kappa shape index (κ3) is 2.85. The average molecular weight is 367 g/mol. The molecule has 2 aliphatic heterocycles. The minimum Gasteiger partial charge on any atom is -0.455 e. The van der Waals surface area contributed by atoms with Crippen LogP contribution in [0.1, 0.15) is 44.1 Å². The first-order valence-corrected chi connectivity index (χ1v) is 9.37. The molecule has 7 nitrogen and oxygen atoms in total. The molecule has 2 amide bonds. The van der Waals surface area contributed by atoms with Crippen LogP contribution in [0.4, 0.5) is 5.69 Å². The summed E-state index contributed by atoms with van der Waals surface area (Å²) in [6, 6.07) is 8.50. The van der Waals surface area contributed by atoms with Crippen molar-refractivity contribution in [2.75, 3.05) is 11.9 Å². The zero-order valence-corrected chi connectivity index (χ0v) is 14.9. The summed E-state index contributed by atoms with van der Waals surface area (Å²) < 4.78 is 5.37. The van der Waals surface area contributed by atoms with Gasteiger partial charge in [0.2, 0.25) is 5.91 Å². The van der Waals surface area contributed by atoms with Gasteiger partial charge in [-0.05, 0) is 37.3 Å². The Morgan fingerprint density at radius 2 is 1.96 bits per heavy atom. The van der Waals surface area contributed by atoms with Crippen molar-refractivity contribution in [3.05, 3.63) is 29.8 Å². The molecule has 1 saturated heterocycles. The quantitative estimate of drug-likeness (QED) is 0.603. The largest absolute Gasteiger partial charge is 0.455 e. The minimum atomic E-state index is -0.988. The van der Waals surface area contributed by atoms with Crippen LogP contribution in [0.5, 0.6) is 0 Å². The zero-order chi connectivity index (χ0) is 19.0. The van der Waals surface area contributed by atoms with E-state index in [0.29, 0.717) is 5.69 Å². The number of carbonyl (C=O) groups is 3. The van der Waals surface area contributed by atoms with Crippen molar-refractivity contribution < 1.29 is 19.1 Å². The Morgan fingerprint density at radius 3 is 2.70 bits per heavy atom. The van der Waals surface area contributed by atoms with Crippen molar-refractivity contribution in [3.8, 4) is 6.07 Å². The number of hydrogen-bond donors (Lipinski definition) is 1. The molecule has 2 heterocycles. The molecule has 140 valence electrons. The van der Waals surface area contributed by atoms with E-state index in [-0.39, 0.29) is 25.0 Å². The Balaban J connectivity index is 1.55. The number of nitrogens with one attached hydrogen (secondary N) is 1. The Hall–Kier alpha value is -2.88. The molecule has 0 radical (unpaired) electrons. The minimum absolute atomic E-state index is 0.00662. The maximum atomic E-state index is 12.7. The molecule has 1 aromatic rings. The van der Waals surface area contributed by atoms with Crippen LogP contribution in [-0.4, -0.2) is 41.4 Å². The molecule has 1 saturated carbocycles. The summed E-state index contributed by atoms with van der Waals surface area (Å²) in [5.74, 6) is -1.99. The molecular formula is C20H21N3O4. The van der Waals surface area contributed by atoms with Crippen molar-refractivity contribution in [1.82, 2.24) is 4.90 Å². The monoisotopic (exact) mass is 367 g/mol. The topological polar surface area (TPSA) is 99.5 Å². The molecule has 7 heteroatoms. The number of fused-ring (bicyclic) bond motifs is 2. The first-order valence-electron chi connectivity index (χ1n) is 9.37. The summed E-state index contributed by atoms with van der Waals surface area (Å²) >= 11 is 0. The number of nitrogens with zero attached hydrogens (tertiary/aromatic N) is 2. The van der Waals surface area contributed by atoms with Crippen LogP contribution in [0.25, 0.3) is 0 Å². The third-order valence-corrected chi connectivity index (χ3v) is 5.89. The van der Waals surface area contributed by atoms with E-state index in [1.54, 1.807) is 6.07 Å². The molecule has 2 fully saturated rings. The number of likely N-dealkylation sites (tertiary alicyclic amines) is 1. The lowest BCUT2D eigenvalue weighted by molar-refractivity contribution is -0.165. The highest BCUT2D eigenvalue weighted by molar-refractivity contribution is 6.32. The molecular weight excluding hydrogens is 346 g/mol. The van der Waals surface area contributed by atoms with Crippen LogP contribution in [0.2, 0.25) is 0 Å². The normalized spacial score (nSPS) is 27.1. The Labute approximate surface area is 157 Å². The van der Waals surface area contributed by atoms with Crippen molar-refractivity contribution in [2.45, 2.75) is 56.1 Å². The molecule has 2 atom stereocenters. The van der Waals surface area contributed by atoms with Crippen molar-refractivity contribution in [1.29, 1.82) is 5.26 Å². The van der Waals surface area contributed by atoms with Gasteiger partial charge in [-0.15, -0.1) is 0 Å². The number of para-hydroxylation sites is 1. The maximum absolute atomic E-state index is 12.7.